The van der Waals surface area contributed by atoms with Crippen molar-refractivity contribution >= 4 is 22.2 Å². The van der Waals surface area contributed by atoms with Gasteiger partial charge in [-0.25, -0.2) is 9.99 Å². The van der Waals surface area contributed by atoms with Crippen LogP contribution in [0.25, 0.3) is 0 Å². The molecule has 1 atom stereocenters. The number of aryl methyl sites for hydroxylation is 3. The molecule has 1 aliphatic rings. The van der Waals surface area contributed by atoms with Gasteiger partial charge in [-0.05, 0) is 37.5 Å². The van der Waals surface area contributed by atoms with Gasteiger partial charge in [0.15, 0.2) is 0 Å². The first-order valence-corrected chi connectivity index (χ1v) is 9.41. The highest BCUT2D eigenvalue weighted by atomic mass is 32.1. The van der Waals surface area contributed by atoms with E-state index in [0.717, 1.165) is 23.0 Å². The molecule has 0 bridgehead atoms. The second-order valence-corrected chi connectivity index (χ2v) is 7.44. The molecule has 0 aliphatic carbocycles. The summed E-state index contributed by atoms with van der Waals surface area (Å²) in [6, 6.07) is 17.4. The van der Waals surface area contributed by atoms with Crippen LogP contribution in [0.2, 0.25) is 0 Å². The molecule has 1 aliphatic heterocycles. The minimum absolute atomic E-state index is 0.197. The molecule has 1 unspecified atom stereocenters. The predicted octanol–water partition coefficient (Wildman–Crippen LogP) is 5.42. The Morgan fingerprint density at radius 3 is 2.44 bits per heavy atom. The van der Waals surface area contributed by atoms with Crippen LogP contribution in [0, 0.1) is 20.8 Å². The van der Waals surface area contributed by atoms with E-state index in [0.29, 0.717) is 0 Å². The number of benzene rings is 2. The summed E-state index contributed by atoms with van der Waals surface area (Å²) in [6.07, 6.45) is 0.895. The number of rotatable bonds is 3. The number of hydrogen-bond acceptors (Lipinski definition) is 4. The first-order chi connectivity index (χ1) is 12.1. The van der Waals surface area contributed by atoms with Gasteiger partial charge in [0.25, 0.3) is 0 Å². The minimum atomic E-state index is 0.197. The molecule has 0 spiro atoms. The average molecular weight is 347 g/mol. The first kappa shape index (κ1) is 16.0. The standard InChI is InChI=1S/C21H21N3S/c1-14-8-10-17(11-9-14)19-12-20(18-7-5-4-6-15(18)2)24(23-19)21-22-16(3)13-25-21/h4-11,13,20H,12H2,1-3H3. The van der Waals surface area contributed by atoms with Crippen molar-refractivity contribution in [3.05, 3.63) is 81.9 Å². The number of anilines is 1. The Labute approximate surface area is 152 Å². The molecule has 0 saturated heterocycles. The Hall–Kier alpha value is -2.46. The Bertz CT molecular complexity index is 924. The van der Waals surface area contributed by atoms with E-state index in [-0.39, 0.29) is 6.04 Å². The fraction of sp³-hybridized carbons (Fsp3) is 0.238. The zero-order valence-electron chi connectivity index (χ0n) is 14.7. The molecular weight excluding hydrogens is 326 g/mol. The Morgan fingerprint density at radius 2 is 1.76 bits per heavy atom. The molecule has 2 aromatic carbocycles. The molecule has 0 radical (unpaired) electrons. The van der Waals surface area contributed by atoms with Gasteiger partial charge >= 0.3 is 0 Å². The SMILES string of the molecule is Cc1ccc(C2=NN(c3nc(C)cs3)C(c3ccccc3C)C2)cc1. The summed E-state index contributed by atoms with van der Waals surface area (Å²) < 4.78 is 0. The fourth-order valence-electron chi connectivity index (χ4n) is 3.26. The molecule has 126 valence electrons. The van der Waals surface area contributed by atoms with Crippen LogP contribution in [0.5, 0.6) is 0 Å². The van der Waals surface area contributed by atoms with Crippen molar-refractivity contribution in [3.63, 3.8) is 0 Å². The third kappa shape index (κ3) is 3.10. The van der Waals surface area contributed by atoms with Crippen molar-refractivity contribution in [2.75, 3.05) is 5.01 Å². The summed E-state index contributed by atoms with van der Waals surface area (Å²) in [4.78, 5) is 4.68. The van der Waals surface area contributed by atoms with E-state index >= 15 is 0 Å². The maximum atomic E-state index is 4.97. The highest BCUT2D eigenvalue weighted by Crippen LogP contribution is 2.39. The monoisotopic (exact) mass is 347 g/mol. The summed E-state index contributed by atoms with van der Waals surface area (Å²) >= 11 is 1.66. The second-order valence-electron chi connectivity index (χ2n) is 6.61. The lowest BCUT2D eigenvalue weighted by Crippen LogP contribution is -2.19. The maximum Gasteiger partial charge on any atom is 0.206 e. The molecule has 4 heteroatoms. The number of hydrazone groups is 1. The quantitative estimate of drug-likeness (QED) is 0.632. The van der Waals surface area contributed by atoms with E-state index in [2.05, 4.69) is 77.8 Å². The van der Waals surface area contributed by atoms with Gasteiger partial charge < -0.3 is 0 Å². The lowest BCUT2D eigenvalue weighted by Gasteiger charge is -2.22. The summed E-state index contributed by atoms with van der Waals surface area (Å²) in [5, 5.41) is 10.1. The molecular formula is C21H21N3S. The predicted molar refractivity (Wildman–Crippen MR) is 106 cm³/mol. The van der Waals surface area contributed by atoms with Crippen LogP contribution >= 0.6 is 11.3 Å². The lowest BCUT2D eigenvalue weighted by atomic mass is 9.95. The molecule has 0 saturated carbocycles. The molecule has 4 rings (SSSR count). The lowest BCUT2D eigenvalue weighted by molar-refractivity contribution is 0.701. The highest BCUT2D eigenvalue weighted by molar-refractivity contribution is 7.13. The van der Waals surface area contributed by atoms with Crippen LogP contribution in [0.15, 0.2) is 59.0 Å². The van der Waals surface area contributed by atoms with Crippen molar-refractivity contribution in [3.8, 4) is 0 Å². The Kier molecular flexibility index (Phi) is 4.14. The van der Waals surface area contributed by atoms with Crippen molar-refractivity contribution in [1.82, 2.24) is 4.98 Å². The fourth-order valence-corrected chi connectivity index (χ4v) is 4.06. The van der Waals surface area contributed by atoms with Crippen LogP contribution in [0.3, 0.4) is 0 Å². The molecule has 3 nitrogen and oxygen atoms in total. The van der Waals surface area contributed by atoms with Crippen LogP contribution in [0.4, 0.5) is 5.13 Å². The second kappa shape index (κ2) is 6.45. The zero-order valence-corrected chi connectivity index (χ0v) is 15.5. The van der Waals surface area contributed by atoms with E-state index in [1.54, 1.807) is 11.3 Å². The van der Waals surface area contributed by atoms with E-state index in [1.807, 2.05) is 6.92 Å². The number of thiazole rings is 1. The summed E-state index contributed by atoms with van der Waals surface area (Å²) in [5.41, 5.74) is 7.25. The first-order valence-electron chi connectivity index (χ1n) is 8.53. The summed E-state index contributed by atoms with van der Waals surface area (Å²) in [6.45, 7) is 6.31. The maximum absolute atomic E-state index is 4.97. The average Bonchev–Trinajstić information content (AvgIpc) is 3.22. The van der Waals surface area contributed by atoms with E-state index in [4.69, 9.17) is 5.10 Å². The van der Waals surface area contributed by atoms with Crippen LogP contribution in [-0.4, -0.2) is 10.7 Å². The van der Waals surface area contributed by atoms with Crippen molar-refractivity contribution in [2.24, 2.45) is 5.10 Å². The normalized spacial score (nSPS) is 17.0. The number of aromatic nitrogens is 1. The van der Waals surface area contributed by atoms with Gasteiger partial charge in [-0.15, -0.1) is 11.3 Å². The highest BCUT2D eigenvalue weighted by Gasteiger charge is 2.32. The van der Waals surface area contributed by atoms with Crippen LogP contribution in [-0.2, 0) is 0 Å². The van der Waals surface area contributed by atoms with E-state index in [1.165, 1.54) is 22.3 Å². The van der Waals surface area contributed by atoms with Gasteiger partial charge in [0.1, 0.15) is 0 Å². The molecule has 3 aromatic rings. The molecule has 25 heavy (non-hydrogen) atoms. The van der Waals surface area contributed by atoms with Gasteiger partial charge in [0.2, 0.25) is 5.13 Å². The molecule has 2 heterocycles. The van der Waals surface area contributed by atoms with Crippen molar-refractivity contribution in [1.29, 1.82) is 0 Å². The molecule has 0 fully saturated rings. The number of nitrogens with zero attached hydrogens (tertiary/aromatic N) is 3. The topological polar surface area (TPSA) is 28.5 Å². The van der Waals surface area contributed by atoms with Crippen LogP contribution in [0.1, 0.15) is 40.4 Å². The Morgan fingerprint density at radius 1 is 1.00 bits per heavy atom. The van der Waals surface area contributed by atoms with Crippen LogP contribution < -0.4 is 5.01 Å². The largest absolute Gasteiger partial charge is 0.231 e. The summed E-state index contributed by atoms with van der Waals surface area (Å²) in [7, 11) is 0. The minimum Gasteiger partial charge on any atom is -0.231 e. The number of hydrogen-bond donors (Lipinski definition) is 0. The van der Waals surface area contributed by atoms with Gasteiger partial charge in [0.05, 0.1) is 17.4 Å². The third-order valence-electron chi connectivity index (χ3n) is 4.65. The van der Waals surface area contributed by atoms with Crippen molar-refractivity contribution in [2.45, 2.75) is 33.2 Å². The van der Waals surface area contributed by atoms with Gasteiger partial charge in [0, 0.05) is 11.8 Å². The third-order valence-corrected chi connectivity index (χ3v) is 5.59. The molecule has 0 N–H and O–H groups in total. The van der Waals surface area contributed by atoms with Crippen molar-refractivity contribution < 1.29 is 0 Å². The Balaban J connectivity index is 1.76. The molecule has 1 aromatic heterocycles. The summed E-state index contributed by atoms with van der Waals surface area (Å²) in [5.74, 6) is 0. The van der Waals surface area contributed by atoms with Gasteiger partial charge in [-0.1, -0.05) is 54.1 Å². The zero-order chi connectivity index (χ0) is 17.4. The van der Waals surface area contributed by atoms with Gasteiger partial charge in [-0.2, -0.15) is 5.10 Å². The van der Waals surface area contributed by atoms with E-state index in [9.17, 15) is 0 Å². The van der Waals surface area contributed by atoms with E-state index < -0.39 is 0 Å². The smallest absolute Gasteiger partial charge is 0.206 e. The van der Waals surface area contributed by atoms with Gasteiger partial charge in [-0.3, -0.25) is 0 Å². The molecule has 0 amide bonds.